The number of nitrogens with one attached hydrogen (secondary N) is 1. The van der Waals surface area contributed by atoms with Gasteiger partial charge in [-0.05, 0) is 38.1 Å². The van der Waals surface area contributed by atoms with E-state index < -0.39 is 10.2 Å². The van der Waals surface area contributed by atoms with Crippen molar-refractivity contribution in [3.63, 3.8) is 0 Å². The van der Waals surface area contributed by atoms with Crippen molar-refractivity contribution in [1.82, 2.24) is 9.03 Å². The fourth-order valence-corrected chi connectivity index (χ4v) is 3.46. The van der Waals surface area contributed by atoms with Crippen molar-refractivity contribution in [2.24, 2.45) is 11.7 Å². The molecule has 0 aromatic carbocycles. The van der Waals surface area contributed by atoms with Crippen LogP contribution in [0.4, 0.5) is 0 Å². The third-order valence-electron chi connectivity index (χ3n) is 3.21. The lowest BCUT2D eigenvalue weighted by molar-refractivity contribution is 0.193. The van der Waals surface area contributed by atoms with Gasteiger partial charge in [-0.1, -0.05) is 0 Å². The van der Waals surface area contributed by atoms with E-state index in [-0.39, 0.29) is 0 Å². The molecule has 7 heteroatoms. The van der Waals surface area contributed by atoms with Gasteiger partial charge >= 0.3 is 0 Å². The van der Waals surface area contributed by atoms with E-state index >= 15 is 0 Å². The van der Waals surface area contributed by atoms with Gasteiger partial charge in [0, 0.05) is 33.4 Å². The van der Waals surface area contributed by atoms with Gasteiger partial charge in [0.15, 0.2) is 0 Å². The molecule has 0 amide bonds. The molecule has 1 saturated heterocycles. The summed E-state index contributed by atoms with van der Waals surface area (Å²) in [7, 11) is -1.68. The van der Waals surface area contributed by atoms with Gasteiger partial charge in [0.1, 0.15) is 0 Å². The molecule has 1 heterocycles. The maximum Gasteiger partial charge on any atom is 0.279 e. The number of nitrogens with zero attached hydrogens (tertiary/aromatic N) is 1. The third-order valence-corrected chi connectivity index (χ3v) is 4.80. The molecule has 1 atom stereocenters. The fourth-order valence-electron chi connectivity index (χ4n) is 2.10. The number of ether oxygens (including phenoxy) is 1. The number of methoxy groups -OCH3 is 1. The molecule has 108 valence electrons. The highest BCUT2D eigenvalue weighted by Crippen LogP contribution is 2.17. The molecule has 6 nitrogen and oxygen atoms in total. The van der Waals surface area contributed by atoms with Crippen LogP contribution in [0.3, 0.4) is 0 Å². The number of unbranched alkanes of at least 4 members (excludes halogenated alkanes) is 1. The van der Waals surface area contributed by atoms with E-state index in [1.54, 1.807) is 7.11 Å². The lowest BCUT2D eigenvalue weighted by Crippen LogP contribution is -2.47. The first-order valence-corrected chi connectivity index (χ1v) is 7.98. The quantitative estimate of drug-likeness (QED) is 0.609. The maximum atomic E-state index is 12.0. The molecule has 0 bridgehead atoms. The summed E-state index contributed by atoms with van der Waals surface area (Å²) >= 11 is 0. The number of hydrogen-bond acceptors (Lipinski definition) is 4. The van der Waals surface area contributed by atoms with Crippen LogP contribution in [0.5, 0.6) is 0 Å². The fraction of sp³-hybridized carbons (Fsp3) is 1.00. The smallest absolute Gasteiger partial charge is 0.279 e. The molecule has 0 aromatic rings. The Morgan fingerprint density at radius 1 is 1.44 bits per heavy atom. The van der Waals surface area contributed by atoms with Crippen molar-refractivity contribution < 1.29 is 13.2 Å². The van der Waals surface area contributed by atoms with Crippen molar-refractivity contribution in [3.8, 4) is 0 Å². The zero-order valence-electron chi connectivity index (χ0n) is 11.1. The summed E-state index contributed by atoms with van der Waals surface area (Å²) in [6.45, 7) is 2.84. The standard InChI is InChI=1S/C11H25N3O3S/c1-17-8-3-2-6-13-18(15,16)14-7-4-5-11(9-12)10-14/h11,13H,2-10,12H2,1H3. The number of hydrogen-bond donors (Lipinski definition) is 2. The average molecular weight is 279 g/mol. The van der Waals surface area contributed by atoms with Gasteiger partial charge in [0.05, 0.1) is 0 Å². The Morgan fingerprint density at radius 3 is 2.89 bits per heavy atom. The Bertz CT molecular complexity index is 321. The summed E-state index contributed by atoms with van der Waals surface area (Å²) in [5, 5.41) is 0. The highest BCUT2D eigenvalue weighted by Gasteiger charge is 2.27. The van der Waals surface area contributed by atoms with Crippen LogP contribution in [-0.4, -0.2) is 52.6 Å². The molecule has 0 radical (unpaired) electrons. The van der Waals surface area contributed by atoms with Gasteiger partial charge in [-0.25, -0.2) is 4.72 Å². The van der Waals surface area contributed by atoms with E-state index in [4.69, 9.17) is 10.5 Å². The van der Waals surface area contributed by atoms with Crippen LogP contribution < -0.4 is 10.5 Å². The zero-order valence-corrected chi connectivity index (χ0v) is 11.9. The van der Waals surface area contributed by atoms with Crippen molar-refractivity contribution in [1.29, 1.82) is 0 Å². The van der Waals surface area contributed by atoms with Gasteiger partial charge in [-0.2, -0.15) is 12.7 Å². The van der Waals surface area contributed by atoms with Crippen LogP contribution in [0.25, 0.3) is 0 Å². The lowest BCUT2D eigenvalue weighted by atomic mass is 10.0. The minimum atomic E-state index is -3.33. The molecule has 0 spiro atoms. The molecule has 18 heavy (non-hydrogen) atoms. The van der Waals surface area contributed by atoms with Crippen molar-refractivity contribution in [2.75, 3.05) is 39.9 Å². The van der Waals surface area contributed by atoms with Crippen molar-refractivity contribution in [3.05, 3.63) is 0 Å². The zero-order chi connectivity index (χ0) is 13.4. The summed E-state index contributed by atoms with van der Waals surface area (Å²) in [4.78, 5) is 0. The number of nitrogens with two attached hydrogens (primary N) is 1. The number of piperidine rings is 1. The lowest BCUT2D eigenvalue weighted by Gasteiger charge is -2.31. The molecule has 1 aliphatic rings. The molecule has 1 aliphatic heterocycles. The van der Waals surface area contributed by atoms with Crippen molar-refractivity contribution >= 4 is 10.2 Å². The summed E-state index contributed by atoms with van der Waals surface area (Å²) in [5.41, 5.74) is 5.61. The van der Waals surface area contributed by atoms with E-state index in [0.717, 1.165) is 25.7 Å². The van der Waals surface area contributed by atoms with E-state index in [1.165, 1.54) is 4.31 Å². The minimum absolute atomic E-state index is 0.295. The van der Waals surface area contributed by atoms with Crippen LogP contribution in [-0.2, 0) is 14.9 Å². The predicted molar refractivity (Wildman–Crippen MR) is 71.4 cm³/mol. The normalized spacial score (nSPS) is 22.2. The second-order valence-electron chi connectivity index (χ2n) is 4.70. The summed E-state index contributed by atoms with van der Waals surface area (Å²) in [6.07, 6.45) is 3.58. The van der Waals surface area contributed by atoms with Gasteiger partial charge in [-0.3, -0.25) is 0 Å². The van der Waals surface area contributed by atoms with Gasteiger partial charge in [0.25, 0.3) is 10.2 Å². The molecular formula is C11H25N3O3S. The molecule has 3 N–H and O–H groups in total. The van der Waals surface area contributed by atoms with E-state index in [2.05, 4.69) is 4.72 Å². The predicted octanol–water partition coefficient (Wildman–Crippen LogP) is -0.0819. The maximum absolute atomic E-state index is 12.0. The van der Waals surface area contributed by atoms with Gasteiger partial charge < -0.3 is 10.5 Å². The molecule has 1 unspecified atom stereocenters. The Labute approximate surface area is 110 Å². The SMILES string of the molecule is COCCCCNS(=O)(=O)N1CCCC(CN)C1. The summed E-state index contributed by atoms with van der Waals surface area (Å²) in [6, 6.07) is 0. The van der Waals surface area contributed by atoms with E-state index in [9.17, 15) is 8.42 Å². The largest absolute Gasteiger partial charge is 0.385 e. The van der Waals surface area contributed by atoms with Gasteiger partial charge in [-0.15, -0.1) is 0 Å². The monoisotopic (exact) mass is 279 g/mol. The summed E-state index contributed by atoms with van der Waals surface area (Å²) in [5.74, 6) is 0.295. The topological polar surface area (TPSA) is 84.7 Å². The molecular weight excluding hydrogens is 254 g/mol. The third kappa shape index (κ3) is 5.19. The van der Waals surface area contributed by atoms with Crippen LogP contribution >= 0.6 is 0 Å². The highest BCUT2D eigenvalue weighted by molar-refractivity contribution is 7.87. The molecule has 0 saturated carbocycles. The molecule has 1 fully saturated rings. The second-order valence-corrected chi connectivity index (χ2v) is 6.46. The first-order valence-electron chi connectivity index (χ1n) is 6.54. The molecule has 1 rings (SSSR count). The first kappa shape index (κ1) is 15.8. The van der Waals surface area contributed by atoms with Crippen LogP contribution in [0, 0.1) is 5.92 Å². The molecule has 0 aromatic heterocycles. The van der Waals surface area contributed by atoms with Crippen LogP contribution in [0.15, 0.2) is 0 Å². The van der Waals surface area contributed by atoms with Gasteiger partial charge in [0.2, 0.25) is 0 Å². The Morgan fingerprint density at radius 2 is 2.22 bits per heavy atom. The highest BCUT2D eigenvalue weighted by atomic mass is 32.2. The first-order chi connectivity index (χ1) is 8.60. The Hall–Kier alpha value is -0.210. The van der Waals surface area contributed by atoms with E-state index in [1.807, 2.05) is 0 Å². The minimum Gasteiger partial charge on any atom is -0.385 e. The molecule has 0 aliphatic carbocycles. The van der Waals surface area contributed by atoms with Crippen LogP contribution in [0.2, 0.25) is 0 Å². The van der Waals surface area contributed by atoms with Crippen molar-refractivity contribution in [2.45, 2.75) is 25.7 Å². The summed E-state index contributed by atoms with van der Waals surface area (Å²) < 4.78 is 33.1. The Balaban J connectivity index is 2.33. The number of rotatable bonds is 8. The van der Waals surface area contributed by atoms with E-state index in [0.29, 0.717) is 38.7 Å². The second kappa shape index (κ2) is 8.06. The van der Waals surface area contributed by atoms with Crippen LogP contribution in [0.1, 0.15) is 25.7 Å². The Kier molecular flexibility index (Phi) is 7.10. The average Bonchev–Trinajstić information content (AvgIpc) is 2.38.